The van der Waals surface area contributed by atoms with Crippen LogP contribution in [0.3, 0.4) is 0 Å². The van der Waals surface area contributed by atoms with E-state index in [9.17, 15) is 15.2 Å². The third-order valence-electron chi connectivity index (χ3n) is 6.64. The van der Waals surface area contributed by atoms with Gasteiger partial charge in [0, 0.05) is 24.3 Å². The van der Waals surface area contributed by atoms with Crippen molar-refractivity contribution >= 4 is 17.3 Å². The van der Waals surface area contributed by atoms with Crippen molar-refractivity contribution in [1.82, 2.24) is 14.5 Å². The number of nitrogens with zero attached hydrogens (tertiary/aromatic N) is 5. The van der Waals surface area contributed by atoms with Crippen LogP contribution < -0.4 is 9.64 Å². The van der Waals surface area contributed by atoms with Crippen molar-refractivity contribution in [1.29, 1.82) is 5.26 Å². The molecule has 0 radical (unpaired) electrons. The van der Waals surface area contributed by atoms with Gasteiger partial charge in [-0.05, 0) is 64.8 Å². The number of pyridine rings is 1. The topological polar surface area (TPSA) is 103 Å². The largest absolute Gasteiger partial charge is 0.489 e. The first-order chi connectivity index (χ1) is 17.4. The van der Waals surface area contributed by atoms with Gasteiger partial charge in [-0.3, -0.25) is 4.90 Å². The van der Waals surface area contributed by atoms with Crippen molar-refractivity contribution in [2.45, 2.75) is 64.3 Å². The number of aliphatic hydroxyl groups is 1. The molecule has 1 N–H and O–H groups in total. The molecule has 3 aromatic rings. The van der Waals surface area contributed by atoms with Gasteiger partial charge in [-0.2, -0.15) is 10.4 Å². The number of fused-ring (bicyclic) bond motifs is 3. The fourth-order valence-electron chi connectivity index (χ4n) is 5.02. The van der Waals surface area contributed by atoms with Crippen LogP contribution in [0.15, 0.2) is 42.7 Å². The van der Waals surface area contributed by atoms with Crippen molar-refractivity contribution < 1.29 is 19.4 Å². The third-order valence-corrected chi connectivity index (χ3v) is 6.64. The summed E-state index contributed by atoms with van der Waals surface area (Å²) in [5, 5.41) is 24.0. The van der Waals surface area contributed by atoms with E-state index in [0.29, 0.717) is 16.8 Å². The average Bonchev–Trinajstić information content (AvgIpc) is 3.24. The van der Waals surface area contributed by atoms with E-state index in [2.05, 4.69) is 28.2 Å². The Bertz CT molecular complexity index is 1350. The fraction of sp³-hybridized carbons (Fsp3) is 0.464. The van der Waals surface area contributed by atoms with E-state index in [1.165, 1.54) is 0 Å². The Kier molecular flexibility index (Phi) is 6.03. The van der Waals surface area contributed by atoms with Crippen LogP contribution in [0.25, 0.3) is 16.6 Å². The highest BCUT2D eigenvalue weighted by atomic mass is 16.6. The summed E-state index contributed by atoms with van der Waals surface area (Å²) >= 11 is 0. The first-order valence-electron chi connectivity index (χ1n) is 12.6. The molecule has 3 aliphatic heterocycles. The Morgan fingerprint density at radius 3 is 2.43 bits per heavy atom. The van der Waals surface area contributed by atoms with Gasteiger partial charge in [0.1, 0.15) is 24.0 Å². The lowest BCUT2D eigenvalue weighted by Gasteiger charge is -2.56. The minimum absolute atomic E-state index is 0.126. The Morgan fingerprint density at radius 2 is 1.84 bits per heavy atom. The summed E-state index contributed by atoms with van der Waals surface area (Å²) < 4.78 is 13.1. The molecule has 2 bridgehead atoms. The number of benzene rings is 1. The molecule has 3 fully saturated rings. The molecule has 1 aromatic carbocycles. The molecule has 0 spiro atoms. The van der Waals surface area contributed by atoms with Gasteiger partial charge in [-0.15, -0.1) is 0 Å². The SMILES string of the molecule is CC(C)(O)COc1cc(-c2ccc(N3CC4CC(C3)N4C(=O)OC(C)(C)C)cc2)c2c(C#N)cnn2c1. The van der Waals surface area contributed by atoms with Gasteiger partial charge in [0.25, 0.3) is 0 Å². The van der Waals surface area contributed by atoms with Crippen molar-refractivity contribution in [2.75, 3.05) is 24.6 Å². The first-order valence-corrected chi connectivity index (χ1v) is 12.6. The van der Waals surface area contributed by atoms with Crippen molar-refractivity contribution in [2.24, 2.45) is 0 Å². The molecule has 6 rings (SSSR count). The van der Waals surface area contributed by atoms with Gasteiger partial charge >= 0.3 is 6.09 Å². The lowest BCUT2D eigenvalue weighted by Crippen LogP contribution is -2.70. The van der Waals surface area contributed by atoms with Crippen LogP contribution in [0, 0.1) is 11.3 Å². The quantitative estimate of drug-likeness (QED) is 0.556. The van der Waals surface area contributed by atoms with E-state index < -0.39 is 11.2 Å². The Balaban J connectivity index is 1.37. The maximum Gasteiger partial charge on any atom is 0.410 e. The molecular formula is C28H33N5O4. The minimum Gasteiger partial charge on any atom is -0.489 e. The number of piperidine rings is 1. The second-order valence-corrected chi connectivity index (χ2v) is 11.5. The maximum absolute atomic E-state index is 12.6. The minimum atomic E-state index is -0.979. The number of rotatable bonds is 5. The number of hydrogen-bond acceptors (Lipinski definition) is 7. The predicted octanol–water partition coefficient (Wildman–Crippen LogP) is 4.22. The number of carbonyl (C=O) groups is 1. The van der Waals surface area contributed by atoms with E-state index in [1.54, 1.807) is 30.8 Å². The second kappa shape index (κ2) is 8.96. The molecule has 5 heterocycles. The summed E-state index contributed by atoms with van der Waals surface area (Å²) in [6.07, 6.45) is 4.04. The highest BCUT2D eigenvalue weighted by Gasteiger charge is 2.48. The molecule has 1 amide bonds. The van der Waals surface area contributed by atoms with E-state index in [0.717, 1.165) is 36.3 Å². The highest BCUT2D eigenvalue weighted by molar-refractivity contribution is 5.85. The lowest BCUT2D eigenvalue weighted by molar-refractivity contribution is -0.0379. The maximum atomic E-state index is 12.6. The molecule has 0 aliphatic carbocycles. The number of amides is 1. The van der Waals surface area contributed by atoms with E-state index >= 15 is 0 Å². The summed E-state index contributed by atoms with van der Waals surface area (Å²) in [4.78, 5) is 16.8. The molecule has 3 aliphatic rings. The standard InChI is InChI=1S/C28H33N5O4/c1-27(2,3)37-26(34)33-21-10-22(33)15-31(14-21)20-8-6-18(7-9-20)24-11-23(36-17-28(4,5)35)16-32-25(24)19(12-29)13-30-32/h6-9,11,13,16,21-22,35H,10,14-15,17H2,1-5H3. The zero-order valence-corrected chi connectivity index (χ0v) is 21.9. The zero-order chi connectivity index (χ0) is 26.5. The van der Waals surface area contributed by atoms with Gasteiger partial charge in [-0.1, -0.05) is 12.1 Å². The number of aromatic nitrogens is 2. The molecule has 2 atom stereocenters. The van der Waals surface area contributed by atoms with Crippen molar-refractivity contribution in [3.05, 3.63) is 48.3 Å². The Labute approximate surface area is 216 Å². The fourth-order valence-corrected chi connectivity index (χ4v) is 5.02. The van der Waals surface area contributed by atoms with Gasteiger partial charge < -0.3 is 19.5 Å². The van der Waals surface area contributed by atoms with Crippen LogP contribution >= 0.6 is 0 Å². The summed E-state index contributed by atoms with van der Waals surface area (Å²) in [5.41, 5.74) is 2.54. The number of anilines is 1. The van der Waals surface area contributed by atoms with Gasteiger partial charge in [-0.25, -0.2) is 9.31 Å². The first kappa shape index (κ1) is 24.9. The monoisotopic (exact) mass is 503 g/mol. The number of ether oxygens (including phenoxy) is 2. The lowest BCUT2D eigenvalue weighted by atomic mass is 9.87. The number of nitriles is 1. The summed E-state index contributed by atoms with van der Waals surface area (Å²) in [7, 11) is 0. The molecule has 37 heavy (non-hydrogen) atoms. The van der Waals surface area contributed by atoms with Crippen LogP contribution in [-0.2, 0) is 4.74 Å². The predicted molar refractivity (Wildman–Crippen MR) is 140 cm³/mol. The average molecular weight is 504 g/mol. The molecule has 3 saturated heterocycles. The third kappa shape index (κ3) is 5.07. The molecule has 9 nitrogen and oxygen atoms in total. The smallest absolute Gasteiger partial charge is 0.410 e. The van der Waals surface area contributed by atoms with E-state index in [1.807, 2.05) is 43.9 Å². The van der Waals surface area contributed by atoms with Crippen molar-refractivity contribution in [3.63, 3.8) is 0 Å². The molecule has 2 unspecified atom stereocenters. The molecule has 9 heteroatoms. The number of piperazine rings is 1. The van der Waals surface area contributed by atoms with Gasteiger partial charge in [0.2, 0.25) is 0 Å². The normalized spacial score (nSPS) is 19.4. The summed E-state index contributed by atoms with van der Waals surface area (Å²) in [6, 6.07) is 12.6. The molecule has 194 valence electrons. The molecular weight excluding hydrogens is 470 g/mol. The Morgan fingerprint density at radius 1 is 1.16 bits per heavy atom. The van der Waals surface area contributed by atoms with Crippen LogP contribution in [0.5, 0.6) is 5.75 Å². The van der Waals surface area contributed by atoms with Crippen LogP contribution in [0.1, 0.15) is 46.6 Å². The summed E-state index contributed by atoms with van der Waals surface area (Å²) in [5.74, 6) is 0.555. The van der Waals surface area contributed by atoms with Crippen molar-refractivity contribution in [3.8, 4) is 22.9 Å². The van der Waals surface area contributed by atoms with Gasteiger partial charge in [0.15, 0.2) is 0 Å². The zero-order valence-electron chi connectivity index (χ0n) is 21.9. The summed E-state index contributed by atoms with van der Waals surface area (Å²) in [6.45, 7) is 10.7. The second-order valence-electron chi connectivity index (χ2n) is 11.5. The van der Waals surface area contributed by atoms with E-state index in [4.69, 9.17) is 9.47 Å². The van der Waals surface area contributed by atoms with Crippen LogP contribution in [-0.4, -0.2) is 68.7 Å². The van der Waals surface area contributed by atoms with Crippen LogP contribution in [0.2, 0.25) is 0 Å². The van der Waals surface area contributed by atoms with Crippen LogP contribution in [0.4, 0.5) is 10.5 Å². The molecule has 0 saturated carbocycles. The number of carbonyl (C=O) groups excluding carboxylic acids is 1. The van der Waals surface area contributed by atoms with E-state index in [-0.39, 0.29) is 24.8 Å². The number of hydrogen-bond donors (Lipinski definition) is 1. The van der Waals surface area contributed by atoms with Gasteiger partial charge in [0.05, 0.1) is 41.2 Å². The molecule has 2 aromatic heterocycles. The Hall–Kier alpha value is -3.77. The highest BCUT2D eigenvalue weighted by Crippen LogP contribution is 2.37.